The fourth-order valence-electron chi connectivity index (χ4n) is 2.09. The zero-order valence-electron chi connectivity index (χ0n) is 15.9. The first-order chi connectivity index (χ1) is 11.9. The largest absolute Gasteiger partial charge is 0.494 e. The molecule has 1 aromatic carbocycles. The van der Waals surface area contributed by atoms with Crippen LogP contribution in [-0.2, 0) is 4.79 Å². The summed E-state index contributed by atoms with van der Waals surface area (Å²) in [5.41, 5.74) is -0.239. The smallest absolute Gasteiger partial charge is 0.242 e. The second-order valence-electron chi connectivity index (χ2n) is 6.79. The molecular formula is C19H32N4O2. The molecule has 0 radical (unpaired) electrons. The molecule has 0 unspecified atom stereocenters. The summed E-state index contributed by atoms with van der Waals surface area (Å²) < 4.78 is 5.66. The molecule has 0 aliphatic heterocycles. The van der Waals surface area contributed by atoms with E-state index in [1.54, 1.807) is 0 Å². The van der Waals surface area contributed by atoms with Gasteiger partial charge in [-0.25, -0.2) is 4.99 Å². The van der Waals surface area contributed by atoms with Gasteiger partial charge in [-0.15, -0.1) is 0 Å². The second-order valence-corrected chi connectivity index (χ2v) is 6.79. The van der Waals surface area contributed by atoms with Gasteiger partial charge >= 0.3 is 0 Å². The van der Waals surface area contributed by atoms with Gasteiger partial charge in [-0.3, -0.25) is 4.79 Å². The van der Waals surface area contributed by atoms with Crippen molar-refractivity contribution in [3.63, 3.8) is 0 Å². The number of unbranched alkanes of at least 4 members (excludes halogenated alkanes) is 1. The number of aliphatic imine (C=N–C) groups is 1. The number of para-hydroxylation sites is 1. The number of amides is 1. The molecule has 0 aromatic heterocycles. The van der Waals surface area contributed by atoms with Gasteiger partial charge in [0.2, 0.25) is 5.91 Å². The SMILES string of the molecule is CCNC(=NCC(=O)NC(C)(C)C)NCCCCOc1ccccc1. The quantitative estimate of drug-likeness (QED) is 0.364. The van der Waals surface area contributed by atoms with Crippen molar-refractivity contribution in [1.29, 1.82) is 0 Å². The molecule has 0 bridgehead atoms. The van der Waals surface area contributed by atoms with Crippen LogP contribution >= 0.6 is 0 Å². The zero-order chi connectivity index (χ0) is 18.5. The van der Waals surface area contributed by atoms with Gasteiger partial charge < -0.3 is 20.7 Å². The molecule has 0 heterocycles. The van der Waals surface area contributed by atoms with Gasteiger partial charge in [0.1, 0.15) is 12.3 Å². The lowest BCUT2D eigenvalue weighted by Gasteiger charge is -2.20. The Kier molecular flexibility index (Phi) is 9.43. The molecule has 1 aromatic rings. The summed E-state index contributed by atoms with van der Waals surface area (Å²) in [5.74, 6) is 1.48. The topological polar surface area (TPSA) is 74.8 Å². The molecule has 0 aliphatic carbocycles. The van der Waals surface area contributed by atoms with Crippen LogP contribution in [0.25, 0.3) is 0 Å². The third-order valence-corrected chi connectivity index (χ3v) is 3.11. The van der Waals surface area contributed by atoms with E-state index in [1.807, 2.05) is 58.0 Å². The van der Waals surface area contributed by atoms with Gasteiger partial charge in [0.15, 0.2) is 5.96 Å². The Morgan fingerprint density at radius 2 is 1.84 bits per heavy atom. The molecule has 0 atom stereocenters. The Balaban J connectivity index is 2.23. The fourth-order valence-corrected chi connectivity index (χ4v) is 2.09. The predicted octanol–water partition coefficient (Wildman–Crippen LogP) is 2.32. The minimum atomic E-state index is -0.239. The monoisotopic (exact) mass is 348 g/mol. The van der Waals surface area contributed by atoms with E-state index in [0.29, 0.717) is 12.6 Å². The number of ether oxygens (including phenoxy) is 1. The van der Waals surface area contributed by atoms with Crippen molar-refractivity contribution < 1.29 is 9.53 Å². The summed E-state index contributed by atoms with van der Waals surface area (Å²) in [6.45, 7) is 10.2. The van der Waals surface area contributed by atoms with E-state index in [1.165, 1.54) is 0 Å². The van der Waals surface area contributed by atoms with E-state index >= 15 is 0 Å². The van der Waals surface area contributed by atoms with Crippen molar-refractivity contribution in [2.75, 3.05) is 26.2 Å². The van der Waals surface area contributed by atoms with Crippen LogP contribution in [0.1, 0.15) is 40.5 Å². The first-order valence-corrected chi connectivity index (χ1v) is 8.92. The average molecular weight is 348 g/mol. The maximum Gasteiger partial charge on any atom is 0.242 e. The Bertz CT molecular complexity index is 524. The highest BCUT2D eigenvalue weighted by atomic mass is 16.5. The summed E-state index contributed by atoms with van der Waals surface area (Å²) in [4.78, 5) is 16.1. The standard InChI is InChI=1S/C19H32N4O2/c1-5-20-18(22-15-17(24)23-19(2,3)4)21-13-9-10-14-25-16-11-7-6-8-12-16/h6-8,11-12H,5,9-10,13-15H2,1-4H3,(H,23,24)(H2,20,21,22). The molecular weight excluding hydrogens is 316 g/mol. The van der Waals surface area contributed by atoms with Crippen molar-refractivity contribution in [3.05, 3.63) is 30.3 Å². The Labute approximate surface area is 151 Å². The Morgan fingerprint density at radius 1 is 1.12 bits per heavy atom. The van der Waals surface area contributed by atoms with Crippen molar-refractivity contribution in [2.45, 2.75) is 46.1 Å². The van der Waals surface area contributed by atoms with E-state index in [-0.39, 0.29) is 18.0 Å². The average Bonchev–Trinajstić information content (AvgIpc) is 2.55. The number of carbonyl (C=O) groups is 1. The Morgan fingerprint density at radius 3 is 2.48 bits per heavy atom. The summed E-state index contributed by atoms with van der Waals surface area (Å²) in [6.07, 6.45) is 1.91. The minimum Gasteiger partial charge on any atom is -0.494 e. The molecule has 0 saturated carbocycles. The number of nitrogens with one attached hydrogen (secondary N) is 3. The number of hydrogen-bond donors (Lipinski definition) is 3. The molecule has 1 amide bonds. The molecule has 6 nitrogen and oxygen atoms in total. The van der Waals surface area contributed by atoms with Gasteiger partial charge in [-0.05, 0) is 52.7 Å². The van der Waals surface area contributed by atoms with Gasteiger partial charge in [-0.2, -0.15) is 0 Å². The summed E-state index contributed by atoms with van der Waals surface area (Å²) >= 11 is 0. The first-order valence-electron chi connectivity index (χ1n) is 8.92. The highest BCUT2D eigenvalue weighted by Crippen LogP contribution is 2.08. The predicted molar refractivity (Wildman–Crippen MR) is 103 cm³/mol. The summed E-state index contributed by atoms with van der Waals surface area (Å²) in [6, 6.07) is 9.81. The van der Waals surface area contributed by atoms with Crippen LogP contribution in [-0.4, -0.2) is 43.6 Å². The Hall–Kier alpha value is -2.24. The number of rotatable bonds is 9. The van der Waals surface area contributed by atoms with Crippen molar-refractivity contribution in [2.24, 2.45) is 4.99 Å². The van der Waals surface area contributed by atoms with E-state index in [0.717, 1.165) is 31.7 Å². The van der Waals surface area contributed by atoms with Crippen LogP contribution in [0.4, 0.5) is 0 Å². The van der Waals surface area contributed by atoms with Crippen LogP contribution in [0.3, 0.4) is 0 Å². The molecule has 1 rings (SSSR count). The normalized spacial score (nSPS) is 11.8. The molecule has 3 N–H and O–H groups in total. The lowest BCUT2D eigenvalue weighted by molar-refractivity contribution is -0.121. The zero-order valence-corrected chi connectivity index (χ0v) is 15.9. The number of guanidine groups is 1. The number of benzene rings is 1. The molecule has 25 heavy (non-hydrogen) atoms. The van der Waals surface area contributed by atoms with Gasteiger partial charge in [-0.1, -0.05) is 18.2 Å². The van der Waals surface area contributed by atoms with E-state index in [2.05, 4.69) is 20.9 Å². The van der Waals surface area contributed by atoms with E-state index < -0.39 is 0 Å². The maximum absolute atomic E-state index is 11.8. The highest BCUT2D eigenvalue weighted by Gasteiger charge is 2.13. The van der Waals surface area contributed by atoms with Gasteiger partial charge in [0, 0.05) is 18.6 Å². The maximum atomic E-state index is 11.8. The molecule has 140 valence electrons. The van der Waals surface area contributed by atoms with Crippen LogP contribution in [0.2, 0.25) is 0 Å². The number of carbonyl (C=O) groups excluding carboxylic acids is 1. The molecule has 0 fully saturated rings. The number of nitrogens with zero attached hydrogens (tertiary/aromatic N) is 1. The van der Waals surface area contributed by atoms with Gasteiger partial charge in [0.05, 0.1) is 6.61 Å². The van der Waals surface area contributed by atoms with Gasteiger partial charge in [0.25, 0.3) is 0 Å². The first kappa shape index (κ1) is 20.8. The van der Waals surface area contributed by atoms with Crippen molar-refractivity contribution >= 4 is 11.9 Å². The second kappa shape index (κ2) is 11.3. The van der Waals surface area contributed by atoms with Crippen LogP contribution < -0.4 is 20.7 Å². The lowest BCUT2D eigenvalue weighted by atomic mass is 10.1. The van der Waals surface area contributed by atoms with Crippen LogP contribution in [0, 0.1) is 0 Å². The summed E-state index contributed by atoms with van der Waals surface area (Å²) in [5, 5.41) is 9.28. The molecule has 0 aliphatic rings. The summed E-state index contributed by atoms with van der Waals surface area (Å²) in [7, 11) is 0. The van der Waals surface area contributed by atoms with Crippen molar-refractivity contribution in [1.82, 2.24) is 16.0 Å². The third-order valence-electron chi connectivity index (χ3n) is 3.11. The highest BCUT2D eigenvalue weighted by molar-refractivity contribution is 5.85. The molecule has 6 heteroatoms. The minimum absolute atomic E-state index is 0.0824. The van der Waals surface area contributed by atoms with Crippen LogP contribution in [0.5, 0.6) is 5.75 Å². The number of hydrogen-bond acceptors (Lipinski definition) is 3. The molecule has 0 spiro atoms. The third kappa shape index (κ3) is 11.0. The van der Waals surface area contributed by atoms with Crippen molar-refractivity contribution in [3.8, 4) is 5.75 Å². The van der Waals surface area contributed by atoms with Crippen LogP contribution in [0.15, 0.2) is 35.3 Å². The lowest BCUT2D eigenvalue weighted by Crippen LogP contribution is -2.43. The molecule has 0 saturated heterocycles. The fraction of sp³-hybridized carbons (Fsp3) is 0.579. The van der Waals surface area contributed by atoms with E-state index in [4.69, 9.17) is 4.74 Å². The van der Waals surface area contributed by atoms with E-state index in [9.17, 15) is 4.79 Å².